The number of pyridine rings is 1. The van der Waals surface area contributed by atoms with Gasteiger partial charge in [0, 0.05) is 28.3 Å². The number of aliphatic hydroxyl groups excluding tert-OH is 1. The molecule has 396 valence electrons. The molecular formula is C52H77N3O14S2. The number of aliphatic carboxylic acids is 1. The summed E-state index contributed by atoms with van der Waals surface area (Å²) in [5, 5.41) is 24.6. The number of thioether (sulfide) groups is 1. The Hall–Kier alpha value is -3.99. The number of thiophene rings is 1. The number of benzene rings is 1. The highest BCUT2D eigenvalue weighted by atomic mass is 32.2. The topological polar surface area (TPSA) is 197 Å². The fourth-order valence-electron chi connectivity index (χ4n) is 7.31. The van der Waals surface area contributed by atoms with Crippen molar-refractivity contribution in [3.63, 3.8) is 0 Å². The van der Waals surface area contributed by atoms with Crippen LogP contribution in [0.25, 0.3) is 0 Å². The van der Waals surface area contributed by atoms with Crippen molar-refractivity contribution < 1.29 is 71.8 Å². The number of rotatable bonds is 41. The lowest BCUT2D eigenvalue weighted by Gasteiger charge is -2.50. The summed E-state index contributed by atoms with van der Waals surface area (Å²) in [7, 11) is 0. The first-order chi connectivity index (χ1) is 34.9. The molecule has 1 fully saturated rings. The maximum Gasteiger partial charge on any atom is 0.253 e. The molecule has 19 heteroatoms. The van der Waals surface area contributed by atoms with Gasteiger partial charge in [-0.25, -0.2) is 4.57 Å². The Labute approximate surface area is 428 Å². The number of nitrogens with zero attached hydrogens (tertiary/aromatic N) is 2. The van der Waals surface area contributed by atoms with Gasteiger partial charge in [0.25, 0.3) is 5.91 Å². The summed E-state index contributed by atoms with van der Waals surface area (Å²) < 4.78 is 51.0. The maximum atomic E-state index is 12.6. The molecule has 0 radical (unpaired) electrons. The summed E-state index contributed by atoms with van der Waals surface area (Å²) in [6.07, 6.45) is 14.4. The average Bonchev–Trinajstić information content (AvgIpc) is 3.90. The standard InChI is InChI=1S/C33H60O10.C19H17N3O4S2/c1-2-3-4-5-6-7-8-9-32-10-12-33(13-11-32)43-31-30-42-29-28-41-27-26-40-25-24-39-23-22-38-21-20-37-19-18-36-17-16-35-15-14-34;23-14(9-13-5-4-8-27-13)20-15-17(24)22-16(19(25)26)12(11-28-18(15)22)10-21-6-2-1-3-7-21/h10-13,34H,2-9,14-31H2,1H3;1-8,15,18H,9-11H2,(H-,20,23,25,26)/t;15-,18-/m.1/s1. The fourth-order valence-corrected chi connectivity index (χ4v) is 9.35. The van der Waals surface area contributed by atoms with E-state index in [0.29, 0.717) is 130 Å². The Morgan fingerprint density at radius 2 is 1.21 bits per heavy atom. The number of amides is 2. The molecule has 2 aromatic heterocycles. The number of aromatic nitrogens is 1. The molecule has 2 aliphatic heterocycles. The third kappa shape index (κ3) is 25.5. The van der Waals surface area contributed by atoms with Gasteiger partial charge in [0.1, 0.15) is 23.8 Å². The van der Waals surface area contributed by atoms with Gasteiger partial charge in [-0.3, -0.25) is 14.5 Å². The van der Waals surface area contributed by atoms with Gasteiger partial charge < -0.3 is 63.0 Å². The zero-order valence-electron chi connectivity index (χ0n) is 41.6. The smallest absolute Gasteiger partial charge is 0.253 e. The first-order valence-corrected chi connectivity index (χ1v) is 26.9. The lowest BCUT2D eigenvalue weighted by atomic mass is 10.0. The van der Waals surface area contributed by atoms with Crippen molar-refractivity contribution in [3.05, 3.63) is 94.1 Å². The highest BCUT2D eigenvalue weighted by Crippen LogP contribution is 2.40. The van der Waals surface area contributed by atoms with Crippen LogP contribution in [-0.4, -0.2) is 164 Å². The lowest BCUT2D eigenvalue weighted by molar-refractivity contribution is -0.689. The van der Waals surface area contributed by atoms with Crippen molar-refractivity contribution in [1.29, 1.82) is 0 Å². The molecule has 0 unspecified atom stereocenters. The second-order valence-electron chi connectivity index (χ2n) is 16.5. The molecule has 4 heterocycles. The van der Waals surface area contributed by atoms with Crippen LogP contribution in [0.5, 0.6) is 5.75 Å². The van der Waals surface area contributed by atoms with Crippen LogP contribution in [0.4, 0.5) is 0 Å². The van der Waals surface area contributed by atoms with E-state index in [9.17, 15) is 19.5 Å². The summed E-state index contributed by atoms with van der Waals surface area (Å²) >= 11 is 2.93. The van der Waals surface area contributed by atoms with E-state index in [1.807, 2.05) is 52.7 Å². The third-order valence-electron chi connectivity index (χ3n) is 11.0. The number of carbonyl (C=O) groups excluding carboxylic acids is 3. The highest BCUT2D eigenvalue weighted by Gasteiger charge is 2.53. The average molecular weight is 1030 g/mol. The van der Waals surface area contributed by atoms with Gasteiger partial charge in [-0.05, 0) is 42.0 Å². The molecule has 1 aromatic carbocycles. The van der Waals surface area contributed by atoms with E-state index in [1.165, 1.54) is 78.5 Å². The van der Waals surface area contributed by atoms with Crippen LogP contribution < -0.4 is 19.7 Å². The molecule has 0 bridgehead atoms. The highest BCUT2D eigenvalue weighted by molar-refractivity contribution is 8.00. The zero-order chi connectivity index (χ0) is 50.4. The predicted molar refractivity (Wildman–Crippen MR) is 269 cm³/mol. The van der Waals surface area contributed by atoms with Gasteiger partial charge in [-0.1, -0.05) is 69.7 Å². The summed E-state index contributed by atoms with van der Waals surface area (Å²) in [6.45, 7) is 11.3. The molecule has 71 heavy (non-hydrogen) atoms. The van der Waals surface area contributed by atoms with E-state index in [4.69, 9.17) is 47.7 Å². The molecule has 3 aromatic rings. The second-order valence-corrected chi connectivity index (χ2v) is 18.6. The van der Waals surface area contributed by atoms with E-state index in [1.54, 1.807) is 0 Å². The van der Waals surface area contributed by atoms with Crippen molar-refractivity contribution in [2.45, 2.75) is 82.7 Å². The number of hydrogen-bond donors (Lipinski definition) is 2. The number of carboxylic acid groups (broad SMARTS) is 1. The molecule has 0 saturated carbocycles. The van der Waals surface area contributed by atoms with Crippen LogP contribution in [-0.2, 0) is 71.7 Å². The fraction of sp³-hybridized carbons (Fsp3) is 0.615. The minimum absolute atomic E-state index is 0.0298. The largest absolute Gasteiger partial charge is 0.543 e. The number of ether oxygens (including phenoxy) is 9. The zero-order valence-corrected chi connectivity index (χ0v) is 43.2. The van der Waals surface area contributed by atoms with E-state index >= 15 is 0 Å². The summed E-state index contributed by atoms with van der Waals surface area (Å²) in [4.78, 5) is 38.8. The Bertz CT molecular complexity index is 1880. The predicted octanol–water partition coefficient (Wildman–Crippen LogP) is 4.17. The number of β-lactam (4-membered cyclic amide) rings is 1. The molecule has 2 atom stereocenters. The van der Waals surface area contributed by atoms with Gasteiger partial charge in [-0.2, -0.15) is 0 Å². The Morgan fingerprint density at radius 3 is 1.72 bits per heavy atom. The molecule has 2 amide bonds. The van der Waals surface area contributed by atoms with E-state index < -0.39 is 23.3 Å². The van der Waals surface area contributed by atoms with Gasteiger partial charge in [0.2, 0.25) is 5.91 Å². The van der Waals surface area contributed by atoms with Gasteiger partial charge in [-0.15, -0.1) is 23.1 Å². The molecule has 1 saturated heterocycles. The Kier molecular flexibility index (Phi) is 32.4. The number of unbranched alkanes of at least 4 members (excludes halogenated alkanes) is 6. The van der Waals surface area contributed by atoms with E-state index in [-0.39, 0.29) is 24.6 Å². The maximum absolute atomic E-state index is 12.6. The lowest BCUT2D eigenvalue weighted by Crippen LogP contribution is -2.71. The SMILES string of the molecule is CCCCCCCCCc1ccc(OCCOCCOCCOCCOCCOCCOCCOCCOCCO)cc1.O=C(Cc1cccs1)N[C@@H]1C(=O)N2C(C(=O)[O-])=C(C[n+]3ccccc3)CS[C@H]12. The van der Waals surface area contributed by atoms with Gasteiger partial charge in [0.15, 0.2) is 18.9 Å². The molecular weight excluding hydrogens is 955 g/mol. The number of fused-ring (bicyclic) bond motifs is 1. The van der Waals surface area contributed by atoms with Gasteiger partial charge in [0.05, 0.1) is 130 Å². The molecule has 2 aliphatic rings. The molecule has 17 nitrogen and oxygen atoms in total. The van der Waals surface area contributed by atoms with Crippen molar-refractivity contribution in [2.24, 2.45) is 0 Å². The summed E-state index contributed by atoms with van der Waals surface area (Å²) in [5.74, 6) is -0.680. The monoisotopic (exact) mass is 1030 g/mol. The number of hydrogen-bond acceptors (Lipinski definition) is 16. The van der Waals surface area contributed by atoms with Crippen molar-refractivity contribution >= 4 is 40.9 Å². The number of aryl methyl sites for hydroxylation is 1. The van der Waals surface area contributed by atoms with Crippen LogP contribution >= 0.6 is 23.1 Å². The number of nitrogens with one attached hydrogen (secondary N) is 1. The first kappa shape index (κ1) is 59.6. The normalized spacial score (nSPS) is 15.2. The number of carbonyl (C=O) groups is 3. The molecule has 2 N–H and O–H groups in total. The minimum atomic E-state index is -1.37. The first-order valence-electron chi connectivity index (χ1n) is 25.0. The molecule has 5 rings (SSSR count). The van der Waals surface area contributed by atoms with Crippen molar-refractivity contribution in [3.8, 4) is 5.75 Å². The van der Waals surface area contributed by atoms with E-state index in [2.05, 4.69) is 36.5 Å². The van der Waals surface area contributed by atoms with Crippen LogP contribution in [0, 0.1) is 0 Å². The van der Waals surface area contributed by atoms with E-state index in [0.717, 1.165) is 17.0 Å². The summed E-state index contributed by atoms with van der Waals surface area (Å²) in [5.41, 5.74) is 1.93. The van der Waals surface area contributed by atoms with Crippen LogP contribution in [0.3, 0.4) is 0 Å². The quantitative estimate of drug-likeness (QED) is 0.0467. The van der Waals surface area contributed by atoms with Crippen LogP contribution in [0.1, 0.15) is 62.3 Å². The van der Waals surface area contributed by atoms with Crippen LogP contribution in [0.2, 0.25) is 0 Å². The minimum Gasteiger partial charge on any atom is -0.543 e. The van der Waals surface area contributed by atoms with Crippen molar-refractivity contribution in [2.75, 3.05) is 125 Å². The summed E-state index contributed by atoms with van der Waals surface area (Å²) in [6, 6.07) is 17.0. The molecule has 0 spiro atoms. The second kappa shape index (κ2) is 38.6. The van der Waals surface area contributed by atoms with Crippen molar-refractivity contribution in [1.82, 2.24) is 10.2 Å². The Morgan fingerprint density at radius 1 is 0.690 bits per heavy atom. The Balaban J connectivity index is 0.000000334. The van der Waals surface area contributed by atoms with Gasteiger partial charge >= 0.3 is 0 Å². The third-order valence-corrected chi connectivity index (χ3v) is 13.2. The molecule has 0 aliphatic carbocycles. The van der Waals surface area contributed by atoms with Crippen LogP contribution in [0.15, 0.2) is 83.6 Å². The number of carboxylic acids is 1. The number of aliphatic hydroxyl groups is 1.